The Morgan fingerprint density at radius 2 is 1.58 bits per heavy atom. The standard InChI is InChI=1S/C19H11ClN4/c20-13-7-5-12(6-8-13)17-16(9-21)14-3-1-2-4-15(14)18(24)19(17,10-22)11-23/h1-8,16-17,24H. The molecular formula is C19H11ClN4. The first-order chi connectivity index (χ1) is 11.6. The molecule has 0 aliphatic heterocycles. The first-order valence-corrected chi connectivity index (χ1v) is 7.62. The molecule has 2 atom stereocenters. The van der Waals surface area contributed by atoms with Gasteiger partial charge in [0.15, 0.2) is 5.41 Å². The highest BCUT2D eigenvalue weighted by atomic mass is 35.5. The van der Waals surface area contributed by atoms with Crippen molar-refractivity contribution >= 4 is 17.3 Å². The molecule has 2 aromatic rings. The van der Waals surface area contributed by atoms with Crippen molar-refractivity contribution in [1.82, 2.24) is 0 Å². The number of nitrogens with zero attached hydrogens (tertiary/aromatic N) is 3. The maximum Gasteiger partial charge on any atom is 0.193 e. The lowest BCUT2D eigenvalue weighted by Gasteiger charge is -2.39. The number of halogens is 1. The zero-order valence-corrected chi connectivity index (χ0v) is 13.2. The molecule has 0 amide bonds. The van der Waals surface area contributed by atoms with E-state index < -0.39 is 17.3 Å². The van der Waals surface area contributed by atoms with Crippen LogP contribution in [0.1, 0.15) is 28.5 Å². The van der Waals surface area contributed by atoms with Crippen LogP contribution >= 0.6 is 11.6 Å². The maximum atomic E-state index is 9.79. The van der Waals surface area contributed by atoms with Gasteiger partial charge < -0.3 is 5.41 Å². The molecule has 0 radical (unpaired) electrons. The van der Waals surface area contributed by atoms with Crippen LogP contribution in [-0.4, -0.2) is 5.71 Å². The van der Waals surface area contributed by atoms with E-state index in [9.17, 15) is 15.8 Å². The average Bonchev–Trinajstić information content (AvgIpc) is 2.63. The van der Waals surface area contributed by atoms with E-state index in [0.29, 0.717) is 21.7 Å². The van der Waals surface area contributed by atoms with Gasteiger partial charge in [-0.1, -0.05) is 48.0 Å². The summed E-state index contributed by atoms with van der Waals surface area (Å²) in [5.74, 6) is -1.45. The van der Waals surface area contributed by atoms with E-state index in [1.54, 1.807) is 48.5 Å². The molecule has 0 fully saturated rings. The lowest BCUT2D eigenvalue weighted by molar-refractivity contribution is 0.477. The Kier molecular flexibility index (Phi) is 3.82. The molecule has 0 saturated carbocycles. The fourth-order valence-electron chi connectivity index (χ4n) is 3.33. The van der Waals surface area contributed by atoms with Crippen LogP contribution in [0.4, 0.5) is 0 Å². The third-order valence-electron chi connectivity index (χ3n) is 4.48. The Bertz CT molecular complexity index is 927. The van der Waals surface area contributed by atoms with Gasteiger partial charge in [-0.05, 0) is 23.3 Å². The van der Waals surface area contributed by atoms with Crippen LogP contribution in [0.2, 0.25) is 5.02 Å². The summed E-state index contributed by atoms with van der Waals surface area (Å²) in [5, 5.41) is 38.4. The van der Waals surface area contributed by atoms with Crippen LogP contribution in [0.5, 0.6) is 0 Å². The van der Waals surface area contributed by atoms with E-state index in [1.165, 1.54) is 0 Å². The number of rotatable bonds is 1. The third kappa shape index (κ3) is 2.08. The Morgan fingerprint density at radius 3 is 2.17 bits per heavy atom. The predicted molar refractivity (Wildman–Crippen MR) is 89.5 cm³/mol. The number of nitrogens with one attached hydrogen (secondary N) is 1. The molecule has 5 heteroatoms. The molecule has 1 aliphatic rings. The minimum Gasteiger partial charge on any atom is -0.302 e. The third-order valence-corrected chi connectivity index (χ3v) is 4.73. The second-order valence-corrected chi connectivity index (χ2v) is 6.07. The fourth-order valence-corrected chi connectivity index (χ4v) is 3.45. The molecular weight excluding hydrogens is 320 g/mol. The van der Waals surface area contributed by atoms with Crippen LogP contribution in [0.25, 0.3) is 0 Å². The van der Waals surface area contributed by atoms with E-state index in [4.69, 9.17) is 17.0 Å². The summed E-state index contributed by atoms with van der Waals surface area (Å²) in [7, 11) is 0. The van der Waals surface area contributed by atoms with Crippen molar-refractivity contribution in [3.63, 3.8) is 0 Å². The summed E-state index contributed by atoms with van der Waals surface area (Å²) < 4.78 is 0. The van der Waals surface area contributed by atoms with Crippen molar-refractivity contribution in [3.05, 3.63) is 70.2 Å². The predicted octanol–water partition coefficient (Wildman–Crippen LogP) is 4.15. The summed E-state index contributed by atoms with van der Waals surface area (Å²) in [6.07, 6.45) is 0. The van der Waals surface area contributed by atoms with Gasteiger partial charge >= 0.3 is 0 Å². The SMILES string of the molecule is N#CC1c2ccccc2C(=N)C(C#N)(C#N)C1c1ccc(Cl)cc1. The largest absolute Gasteiger partial charge is 0.302 e. The second kappa shape index (κ2) is 5.82. The molecule has 0 bridgehead atoms. The zero-order valence-electron chi connectivity index (χ0n) is 12.5. The first-order valence-electron chi connectivity index (χ1n) is 7.25. The number of benzene rings is 2. The smallest absolute Gasteiger partial charge is 0.193 e. The van der Waals surface area contributed by atoms with Crippen LogP contribution in [0.3, 0.4) is 0 Å². The molecule has 0 spiro atoms. The minimum atomic E-state index is -1.72. The minimum absolute atomic E-state index is 0.0606. The zero-order chi connectivity index (χ0) is 17.3. The van der Waals surface area contributed by atoms with E-state index in [1.807, 2.05) is 12.1 Å². The number of hydrogen-bond acceptors (Lipinski definition) is 4. The monoisotopic (exact) mass is 330 g/mol. The van der Waals surface area contributed by atoms with Crippen molar-refractivity contribution in [2.45, 2.75) is 11.8 Å². The van der Waals surface area contributed by atoms with Crippen LogP contribution in [-0.2, 0) is 0 Å². The van der Waals surface area contributed by atoms with Gasteiger partial charge in [0.1, 0.15) is 0 Å². The highest BCUT2D eigenvalue weighted by Gasteiger charge is 2.53. The lowest BCUT2D eigenvalue weighted by Crippen LogP contribution is -2.42. The van der Waals surface area contributed by atoms with E-state index in [-0.39, 0.29) is 5.71 Å². The summed E-state index contributed by atoms with van der Waals surface area (Å²) in [4.78, 5) is 0. The highest BCUT2D eigenvalue weighted by Crippen LogP contribution is 2.51. The van der Waals surface area contributed by atoms with Gasteiger partial charge in [-0.25, -0.2) is 0 Å². The van der Waals surface area contributed by atoms with Crippen molar-refractivity contribution in [3.8, 4) is 18.2 Å². The molecule has 0 heterocycles. The number of nitriles is 3. The molecule has 2 unspecified atom stereocenters. The normalized spacial score (nSPS) is 21.0. The van der Waals surface area contributed by atoms with Crippen molar-refractivity contribution in [2.24, 2.45) is 5.41 Å². The molecule has 2 aromatic carbocycles. The Balaban J connectivity index is 2.34. The maximum absolute atomic E-state index is 9.79. The molecule has 24 heavy (non-hydrogen) atoms. The van der Waals surface area contributed by atoms with Gasteiger partial charge in [0.25, 0.3) is 0 Å². The van der Waals surface area contributed by atoms with E-state index >= 15 is 0 Å². The van der Waals surface area contributed by atoms with Crippen LogP contribution < -0.4 is 0 Å². The molecule has 3 rings (SSSR count). The molecule has 0 aromatic heterocycles. The van der Waals surface area contributed by atoms with Gasteiger partial charge in [0.05, 0.1) is 29.8 Å². The van der Waals surface area contributed by atoms with Gasteiger partial charge in [0.2, 0.25) is 0 Å². The summed E-state index contributed by atoms with van der Waals surface area (Å²) >= 11 is 5.93. The fraction of sp³-hybridized carbons (Fsp3) is 0.158. The highest BCUT2D eigenvalue weighted by molar-refractivity contribution is 6.30. The second-order valence-electron chi connectivity index (χ2n) is 5.63. The average molecular weight is 331 g/mol. The van der Waals surface area contributed by atoms with Gasteiger partial charge in [0, 0.05) is 16.5 Å². The number of hydrogen-bond donors (Lipinski definition) is 1. The van der Waals surface area contributed by atoms with Gasteiger partial charge in [-0.2, -0.15) is 15.8 Å². The summed E-state index contributed by atoms with van der Waals surface area (Å²) in [6.45, 7) is 0. The molecule has 1 aliphatic carbocycles. The van der Waals surface area contributed by atoms with Crippen molar-refractivity contribution in [1.29, 1.82) is 21.2 Å². The first kappa shape index (κ1) is 15.8. The molecule has 114 valence electrons. The van der Waals surface area contributed by atoms with Crippen LogP contribution in [0, 0.1) is 44.8 Å². The van der Waals surface area contributed by atoms with Crippen molar-refractivity contribution < 1.29 is 0 Å². The Morgan fingerprint density at radius 1 is 0.958 bits per heavy atom. The quantitative estimate of drug-likeness (QED) is 0.850. The summed E-state index contributed by atoms with van der Waals surface area (Å²) in [5.41, 5.74) is 0.0223. The Labute approximate surface area is 144 Å². The van der Waals surface area contributed by atoms with Gasteiger partial charge in [-0.15, -0.1) is 0 Å². The van der Waals surface area contributed by atoms with Crippen LogP contribution in [0.15, 0.2) is 48.5 Å². The van der Waals surface area contributed by atoms with Crippen molar-refractivity contribution in [2.75, 3.05) is 0 Å². The Hall–Kier alpha value is -3.13. The van der Waals surface area contributed by atoms with E-state index in [0.717, 1.165) is 0 Å². The lowest BCUT2D eigenvalue weighted by atomic mass is 9.58. The van der Waals surface area contributed by atoms with Gasteiger partial charge in [-0.3, -0.25) is 0 Å². The van der Waals surface area contributed by atoms with E-state index in [2.05, 4.69) is 6.07 Å². The molecule has 1 N–H and O–H groups in total. The molecule has 4 nitrogen and oxygen atoms in total. The topological polar surface area (TPSA) is 95.2 Å². The summed E-state index contributed by atoms with van der Waals surface area (Å²) in [6, 6.07) is 20.0. The number of fused-ring (bicyclic) bond motifs is 1. The molecule has 0 saturated heterocycles.